The molecular formula is C18H28IN5O2. The van der Waals surface area contributed by atoms with E-state index in [1.165, 1.54) is 0 Å². The molecule has 0 saturated heterocycles. The molecule has 0 atom stereocenters. The summed E-state index contributed by atoms with van der Waals surface area (Å²) < 4.78 is 0. The van der Waals surface area contributed by atoms with Crippen LogP contribution in [-0.4, -0.2) is 55.9 Å². The minimum absolute atomic E-state index is 0. The third kappa shape index (κ3) is 7.59. The lowest BCUT2D eigenvalue weighted by Crippen LogP contribution is -2.43. The van der Waals surface area contributed by atoms with Gasteiger partial charge >= 0.3 is 0 Å². The second-order valence-electron chi connectivity index (χ2n) is 6.29. The minimum Gasteiger partial charge on any atom is -0.357 e. The Balaban J connectivity index is 0.00000338. The van der Waals surface area contributed by atoms with E-state index in [-0.39, 0.29) is 42.3 Å². The second kappa shape index (κ2) is 11.0. The summed E-state index contributed by atoms with van der Waals surface area (Å²) in [6.45, 7) is 3.37. The first kappa shape index (κ1) is 22.2. The molecule has 2 amide bonds. The van der Waals surface area contributed by atoms with Gasteiger partial charge in [0.25, 0.3) is 5.91 Å². The third-order valence-corrected chi connectivity index (χ3v) is 3.73. The lowest BCUT2D eigenvalue weighted by atomic mass is 10.1. The molecule has 26 heavy (non-hydrogen) atoms. The SMILES string of the molecule is CCNC(=NCc1ccc(C(=O)N(C)C)cc1)NCC(=O)NC1CC1.I. The Labute approximate surface area is 172 Å². The van der Waals surface area contributed by atoms with Crippen molar-refractivity contribution in [2.75, 3.05) is 27.2 Å². The first-order chi connectivity index (χ1) is 12.0. The average molecular weight is 473 g/mol. The Kier molecular flexibility index (Phi) is 9.39. The number of carbonyl (C=O) groups excluding carboxylic acids is 2. The summed E-state index contributed by atoms with van der Waals surface area (Å²) in [7, 11) is 3.46. The molecule has 1 aromatic carbocycles. The molecular weight excluding hydrogens is 445 g/mol. The standard InChI is InChI=1S/C18H27N5O2.HI/c1-4-19-18(21-12-16(24)22-15-9-10-15)20-11-13-5-7-14(8-6-13)17(25)23(2)3;/h5-8,15H,4,9-12H2,1-3H3,(H,22,24)(H2,19,20,21);1H. The molecule has 1 aliphatic carbocycles. The molecule has 1 aromatic rings. The van der Waals surface area contributed by atoms with Gasteiger partial charge in [-0.25, -0.2) is 4.99 Å². The maximum absolute atomic E-state index is 11.9. The Morgan fingerprint density at radius 2 is 1.81 bits per heavy atom. The summed E-state index contributed by atoms with van der Waals surface area (Å²) in [5.74, 6) is 0.563. The summed E-state index contributed by atoms with van der Waals surface area (Å²) in [5.41, 5.74) is 1.65. The number of amides is 2. The van der Waals surface area contributed by atoms with Gasteiger partial charge in [0.05, 0.1) is 13.1 Å². The number of nitrogens with one attached hydrogen (secondary N) is 3. The highest BCUT2D eigenvalue weighted by molar-refractivity contribution is 14.0. The molecule has 3 N–H and O–H groups in total. The van der Waals surface area contributed by atoms with Crippen molar-refractivity contribution in [2.24, 2.45) is 4.99 Å². The number of rotatable bonds is 7. The van der Waals surface area contributed by atoms with Gasteiger partial charge in [-0.1, -0.05) is 12.1 Å². The Morgan fingerprint density at radius 3 is 2.35 bits per heavy atom. The molecule has 0 spiro atoms. The van der Waals surface area contributed by atoms with Crippen molar-refractivity contribution >= 4 is 41.8 Å². The van der Waals surface area contributed by atoms with E-state index in [1.807, 2.05) is 19.1 Å². The topological polar surface area (TPSA) is 85.8 Å². The molecule has 0 heterocycles. The summed E-state index contributed by atoms with van der Waals surface area (Å²) in [6, 6.07) is 7.75. The van der Waals surface area contributed by atoms with Gasteiger partial charge in [0.15, 0.2) is 5.96 Å². The first-order valence-electron chi connectivity index (χ1n) is 8.61. The molecule has 0 aliphatic heterocycles. The van der Waals surface area contributed by atoms with Gasteiger partial charge in [-0.15, -0.1) is 24.0 Å². The first-order valence-corrected chi connectivity index (χ1v) is 8.61. The van der Waals surface area contributed by atoms with E-state index >= 15 is 0 Å². The van der Waals surface area contributed by atoms with E-state index in [9.17, 15) is 9.59 Å². The highest BCUT2D eigenvalue weighted by Gasteiger charge is 2.22. The fourth-order valence-electron chi connectivity index (χ4n) is 2.19. The predicted molar refractivity (Wildman–Crippen MR) is 114 cm³/mol. The highest BCUT2D eigenvalue weighted by atomic mass is 127. The van der Waals surface area contributed by atoms with Crippen LogP contribution in [0.3, 0.4) is 0 Å². The van der Waals surface area contributed by atoms with Crippen LogP contribution < -0.4 is 16.0 Å². The van der Waals surface area contributed by atoms with E-state index in [0.717, 1.165) is 18.4 Å². The molecule has 1 aliphatic rings. The van der Waals surface area contributed by atoms with Crippen LogP contribution in [0.4, 0.5) is 0 Å². The highest BCUT2D eigenvalue weighted by Crippen LogP contribution is 2.18. The molecule has 1 fully saturated rings. The normalized spacial score (nSPS) is 13.4. The molecule has 0 radical (unpaired) electrons. The summed E-state index contributed by atoms with van der Waals surface area (Å²) >= 11 is 0. The van der Waals surface area contributed by atoms with Crippen LogP contribution in [0.2, 0.25) is 0 Å². The largest absolute Gasteiger partial charge is 0.357 e. The number of hydrogen-bond donors (Lipinski definition) is 3. The van der Waals surface area contributed by atoms with E-state index in [1.54, 1.807) is 31.1 Å². The Hall–Kier alpha value is -1.84. The smallest absolute Gasteiger partial charge is 0.253 e. The van der Waals surface area contributed by atoms with Crippen molar-refractivity contribution in [1.82, 2.24) is 20.9 Å². The molecule has 0 bridgehead atoms. The van der Waals surface area contributed by atoms with E-state index in [2.05, 4.69) is 20.9 Å². The fraction of sp³-hybridized carbons (Fsp3) is 0.500. The monoisotopic (exact) mass is 473 g/mol. The van der Waals surface area contributed by atoms with E-state index in [0.29, 0.717) is 30.7 Å². The molecule has 2 rings (SSSR count). The fourth-order valence-corrected chi connectivity index (χ4v) is 2.19. The van der Waals surface area contributed by atoms with Crippen LogP contribution in [0.1, 0.15) is 35.7 Å². The Morgan fingerprint density at radius 1 is 1.15 bits per heavy atom. The van der Waals surface area contributed by atoms with Crippen molar-refractivity contribution in [3.05, 3.63) is 35.4 Å². The number of halogens is 1. The van der Waals surface area contributed by atoms with Gasteiger partial charge in [-0.2, -0.15) is 0 Å². The van der Waals surface area contributed by atoms with Crippen LogP contribution in [-0.2, 0) is 11.3 Å². The van der Waals surface area contributed by atoms with Crippen LogP contribution in [0.25, 0.3) is 0 Å². The zero-order valence-corrected chi connectivity index (χ0v) is 17.9. The zero-order chi connectivity index (χ0) is 18.2. The maximum Gasteiger partial charge on any atom is 0.253 e. The van der Waals surface area contributed by atoms with Crippen molar-refractivity contribution in [2.45, 2.75) is 32.4 Å². The van der Waals surface area contributed by atoms with E-state index in [4.69, 9.17) is 0 Å². The maximum atomic E-state index is 11.9. The van der Waals surface area contributed by atoms with Gasteiger partial charge in [-0.05, 0) is 37.5 Å². The lowest BCUT2D eigenvalue weighted by molar-refractivity contribution is -0.120. The van der Waals surface area contributed by atoms with Gasteiger partial charge in [0.2, 0.25) is 5.91 Å². The van der Waals surface area contributed by atoms with Gasteiger partial charge in [0.1, 0.15) is 0 Å². The van der Waals surface area contributed by atoms with Crippen molar-refractivity contribution in [3.63, 3.8) is 0 Å². The van der Waals surface area contributed by atoms with Crippen LogP contribution in [0.15, 0.2) is 29.3 Å². The predicted octanol–water partition coefficient (Wildman–Crippen LogP) is 1.34. The van der Waals surface area contributed by atoms with Gasteiger partial charge in [-0.3, -0.25) is 9.59 Å². The number of aliphatic imine (C=N–C) groups is 1. The average Bonchev–Trinajstić information content (AvgIpc) is 3.41. The minimum atomic E-state index is -0.0215. The van der Waals surface area contributed by atoms with Gasteiger partial charge < -0.3 is 20.9 Å². The number of hydrogen-bond acceptors (Lipinski definition) is 3. The molecule has 144 valence electrons. The molecule has 1 saturated carbocycles. The summed E-state index contributed by atoms with van der Waals surface area (Å²) in [5, 5.41) is 9.09. The molecule has 7 nitrogen and oxygen atoms in total. The summed E-state index contributed by atoms with van der Waals surface area (Å²) in [4.78, 5) is 29.6. The molecule has 0 aromatic heterocycles. The number of guanidine groups is 1. The number of benzene rings is 1. The van der Waals surface area contributed by atoms with Crippen LogP contribution >= 0.6 is 24.0 Å². The van der Waals surface area contributed by atoms with Crippen molar-refractivity contribution in [1.29, 1.82) is 0 Å². The lowest BCUT2D eigenvalue weighted by Gasteiger charge is -2.12. The van der Waals surface area contributed by atoms with Crippen molar-refractivity contribution in [3.8, 4) is 0 Å². The molecule has 0 unspecified atom stereocenters. The summed E-state index contributed by atoms with van der Waals surface area (Å²) in [6.07, 6.45) is 2.15. The van der Waals surface area contributed by atoms with Crippen molar-refractivity contribution < 1.29 is 9.59 Å². The molecule has 8 heteroatoms. The van der Waals surface area contributed by atoms with Crippen LogP contribution in [0.5, 0.6) is 0 Å². The third-order valence-electron chi connectivity index (χ3n) is 3.73. The Bertz CT molecular complexity index is 627. The number of nitrogens with zero attached hydrogens (tertiary/aromatic N) is 2. The van der Waals surface area contributed by atoms with Gasteiger partial charge in [0, 0.05) is 32.2 Å². The van der Waals surface area contributed by atoms with E-state index < -0.39 is 0 Å². The number of carbonyl (C=O) groups is 2. The zero-order valence-electron chi connectivity index (χ0n) is 15.5. The second-order valence-corrected chi connectivity index (χ2v) is 6.29. The van der Waals surface area contributed by atoms with Crippen LogP contribution in [0, 0.1) is 0 Å². The quantitative estimate of drug-likeness (QED) is 0.317.